The summed E-state index contributed by atoms with van der Waals surface area (Å²) in [6.45, 7) is 4.37. The van der Waals surface area contributed by atoms with Crippen molar-refractivity contribution in [3.63, 3.8) is 0 Å². The number of likely N-dealkylation sites (tertiary alicyclic amines) is 1. The van der Waals surface area contributed by atoms with Crippen LogP contribution in [-0.4, -0.2) is 63.6 Å². The van der Waals surface area contributed by atoms with Gasteiger partial charge < -0.3 is 15.3 Å². The van der Waals surface area contributed by atoms with Crippen molar-refractivity contribution in [2.75, 3.05) is 38.1 Å². The summed E-state index contributed by atoms with van der Waals surface area (Å²) in [6, 6.07) is 9.64. The molecule has 7 nitrogen and oxygen atoms in total. The molecule has 2 aromatic heterocycles. The highest BCUT2D eigenvalue weighted by molar-refractivity contribution is 7.19. The topological polar surface area (TPSA) is 81.6 Å². The third kappa shape index (κ3) is 4.99. The van der Waals surface area contributed by atoms with Crippen LogP contribution in [0.3, 0.4) is 0 Å². The van der Waals surface area contributed by atoms with Crippen LogP contribution >= 0.6 is 11.3 Å². The van der Waals surface area contributed by atoms with E-state index in [0.717, 1.165) is 47.7 Å². The number of anilines is 1. The average molecular weight is 478 g/mol. The summed E-state index contributed by atoms with van der Waals surface area (Å²) in [7, 11) is 0. The molecular formula is C26H31N5O2S. The van der Waals surface area contributed by atoms with Gasteiger partial charge in [0.05, 0.1) is 24.6 Å². The zero-order valence-electron chi connectivity index (χ0n) is 19.3. The van der Waals surface area contributed by atoms with Crippen LogP contribution < -0.4 is 5.32 Å². The molecule has 0 aliphatic carbocycles. The molecule has 1 fully saturated rings. The Hall–Kier alpha value is -2.81. The number of aromatic nitrogens is 2. The highest BCUT2D eigenvalue weighted by atomic mass is 32.1. The number of piperidine rings is 1. The SMILES string of the molecule is O=C(C=CCN1CCCCC1)N1CCc2c(sc3ncnc(N[C@H](CO)c4ccccc4)c23)C1. The fraction of sp³-hybridized carbons (Fsp3) is 0.423. The third-order valence-corrected chi connectivity index (χ3v) is 7.84. The Morgan fingerprint density at radius 3 is 2.76 bits per heavy atom. The van der Waals surface area contributed by atoms with Crippen LogP contribution in [0.2, 0.25) is 0 Å². The van der Waals surface area contributed by atoms with E-state index in [4.69, 9.17) is 0 Å². The molecule has 1 aromatic carbocycles. The molecule has 178 valence electrons. The zero-order chi connectivity index (χ0) is 23.3. The number of fused-ring (bicyclic) bond motifs is 3. The second-order valence-electron chi connectivity index (χ2n) is 8.97. The maximum Gasteiger partial charge on any atom is 0.246 e. The normalized spacial score (nSPS) is 17.7. The first kappa shape index (κ1) is 23.0. The molecule has 5 rings (SSSR count). The summed E-state index contributed by atoms with van der Waals surface area (Å²) in [6.07, 6.45) is 9.93. The molecule has 0 bridgehead atoms. The van der Waals surface area contributed by atoms with Crippen LogP contribution in [0.15, 0.2) is 48.8 Å². The Balaban J connectivity index is 1.30. The molecular weight excluding hydrogens is 446 g/mol. The van der Waals surface area contributed by atoms with Crippen molar-refractivity contribution in [2.45, 2.75) is 38.3 Å². The number of hydrogen-bond acceptors (Lipinski definition) is 7. The van der Waals surface area contributed by atoms with E-state index in [1.54, 1.807) is 23.7 Å². The highest BCUT2D eigenvalue weighted by Crippen LogP contribution is 2.38. The van der Waals surface area contributed by atoms with Gasteiger partial charge in [-0.1, -0.05) is 42.8 Å². The number of amides is 1. The summed E-state index contributed by atoms with van der Waals surface area (Å²) < 4.78 is 0. The largest absolute Gasteiger partial charge is 0.394 e. The van der Waals surface area contributed by atoms with E-state index in [0.29, 0.717) is 13.1 Å². The number of benzene rings is 1. The third-order valence-electron chi connectivity index (χ3n) is 6.72. The first-order chi connectivity index (χ1) is 16.7. The number of aliphatic hydroxyl groups excluding tert-OH is 1. The highest BCUT2D eigenvalue weighted by Gasteiger charge is 2.26. The van der Waals surface area contributed by atoms with E-state index in [2.05, 4.69) is 20.2 Å². The molecule has 3 aromatic rings. The minimum absolute atomic E-state index is 0.0338. The molecule has 4 heterocycles. The van der Waals surface area contributed by atoms with E-state index in [9.17, 15) is 9.90 Å². The van der Waals surface area contributed by atoms with Crippen LogP contribution in [0.25, 0.3) is 10.2 Å². The smallest absolute Gasteiger partial charge is 0.246 e. The van der Waals surface area contributed by atoms with E-state index in [1.165, 1.54) is 29.7 Å². The van der Waals surface area contributed by atoms with Gasteiger partial charge in [0.15, 0.2) is 0 Å². The van der Waals surface area contributed by atoms with Gasteiger partial charge in [0.2, 0.25) is 5.91 Å². The van der Waals surface area contributed by atoms with Crippen molar-refractivity contribution in [3.8, 4) is 0 Å². The molecule has 2 aliphatic heterocycles. The van der Waals surface area contributed by atoms with Crippen LogP contribution in [0.1, 0.15) is 41.3 Å². The van der Waals surface area contributed by atoms with Crippen LogP contribution in [-0.2, 0) is 17.8 Å². The molecule has 1 amide bonds. The van der Waals surface area contributed by atoms with Gasteiger partial charge in [0.1, 0.15) is 17.0 Å². The van der Waals surface area contributed by atoms with Crippen LogP contribution in [0.5, 0.6) is 0 Å². The Labute approximate surface area is 204 Å². The lowest BCUT2D eigenvalue weighted by Crippen LogP contribution is -2.34. The number of carbonyl (C=O) groups is 1. The van der Waals surface area contributed by atoms with Crippen molar-refractivity contribution in [1.82, 2.24) is 19.8 Å². The van der Waals surface area contributed by atoms with Crippen molar-refractivity contribution >= 4 is 33.3 Å². The Morgan fingerprint density at radius 2 is 1.97 bits per heavy atom. The Morgan fingerprint density at radius 1 is 1.15 bits per heavy atom. The van der Waals surface area contributed by atoms with Crippen molar-refractivity contribution in [1.29, 1.82) is 0 Å². The number of thiophene rings is 1. The summed E-state index contributed by atoms with van der Waals surface area (Å²) >= 11 is 1.63. The van der Waals surface area contributed by atoms with Gasteiger partial charge in [-0.3, -0.25) is 9.69 Å². The van der Waals surface area contributed by atoms with Gasteiger partial charge in [-0.2, -0.15) is 0 Å². The van der Waals surface area contributed by atoms with Crippen LogP contribution in [0.4, 0.5) is 5.82 Å². The minimum atomic E-state index is -0.249. The Kier molecular flexibility index (Phi) is 7.18. The quantitative estimate of drug-likeness (QED) is 0.504. The van der Waals surface area contributed by atoms with Gasteiger partial charge in [-0.05, 0) is 43.5 Å². The lowest BCUT2D eigenvalue weighted by molar-refractivity contribution is -0.126. The number of nitrogens with one attached hydrogen (secondary N) is 1. The second kappa shape index (κ2) is 10.6. The molecule has 8 heteroatoms. The molecule has 2 N–H and O–H groups in total. The zero-order valence-corrected chi connectivity index (χ0v) is 20.1. The van der Waals surface area contributed by atoms with Crippen LogP contribution in [0, 0.1) is 0 Å². The predicted octanol–water partition coefficient (Wildman–Crippen LogP) is 3.76. The Bertz CT molecular complexity index is 1160. The van der Waals surface area contributed by atoms with E-state index >= 15 is 0 Å². The molecule has 1 saturated heterocycles. The van der Waals surface area contributed by atoms with E-state index in [-0.39, 0.29) is 18.6 Å². The summed E-state index contributed by atoms with van der Waals surface area (Å²) in [4.78, 5) is 28.3. The van der Waals surface area contributed by atoms with E-state index < -0.39 is 0 Å². The maximum absolute atomic E-state index is 12.8. The maximum atomic E-state index is 12.8. The lowest BCUT2D eigenvalue weighted by Gasteiger charge is -2.27. The number of carbonyl (C=O) groups excluding carboxylic acids is 1. The fourth-order valence-corrected chi connectivity index (χ4v) is 6.06. The van der Waals surface area contributed by atoms with Crippen molar-refractivity contribution in [3.05, 3.63) is 64.8 Å². The second-order valence-corrected chi connectivity index (χ2v) is 10.1. The number of aliphatic hydroxyl groups is 1. The standard InChI is InChI=1S/C26H31N5O2S/c32-17-21(19-8-3-1-4-9-19)29-25-24-20-11-15-31(16-22(20)34-26(24)28-18-27-25)23(33)10-7-14-30-12-5-2-6-13-30/h1,3-4,7-10,18,21,32H,2,5-6,11-17H2,(H,27,28,29)/t21-/m1/s1. The first-order valence-electron chi connectivity index (χ1n) is 12.1. The summed E-state index contributed by atoms with van der Waals surface area (Å²) in [5.41, 5.74) is 2.23. The number of rotatable bonds is 7. The lowest BCUT2D eigenvalue weighted by atomic mass is 10.0. The molecule has 0 spiro atoms. The molecule has 1 atom stereocenters. The van der Waals surface area contributed by atoms with Gasteiger partial charge in [0, 0.05) is 24.0 Å². The van der Waals surface area contributed by atoms with E-state index in [1.807, 2.05) is 41.3 Å². The van der Waals surface area contributed by atoms with Gasteiger partial charge >= 0.3 is 0 Å². The minimum Gasteiger partial charge on any atom is -0.394 e. The number of hydrogen-bond donors (Lipinski definition) is 2. The summed E-state index contributed by atoms with van der Waals surface area (Å²) in [5.74, 6) is 0.820. The molecule has 0 radical (unpaired) electrons. The molecule has 34 heavy (non-hydrogen) atoms. The predicted molar refractivity (Wildman–Crippen MR) is 136 cm³/mol. The monoisotopic (exact) mass is 477 g/mol. The first-order valence-corrected chi connectivity index (χ1v) is 12.9. The van der Waals surface area contributed by atoms with Gasteiger partial charge in [-0.25, -0.2) is 9.97 Å². The average Bonchev–Trinajstić information content (AvgIpc) is 3.27. The number of nitrogens with zero attached hydrogens (tertiary/aromatic N) is 4. The molecule has 2 aliphatic rings. The van der Waals surface area contributed by atoms with Gasteiger partial charge in [-0.15, -0.1) is 11.3 Å². The van der Waals surface area contributed by atoms with Gasteiger partial charge in [0.25, 0.3) is 0 Å². The molecule has 0 unspecified atom stereocenters. The fourth-order valence-electron chi connectivity index (χ4n) is 4.86. The summed E-state index contributed by atoms with van der Waals surface area (Å²) in [5, 5.41) is 14.4. The molecule has 0 saturated carbocycles. The van der Waals surface area contributed by atoms with Crippen molar-refractivity contribution in [2.24, 2.45) is 0 Å². The van der Waals surface area contributed by atoms with Crippen molar-refractivity contribution < 1.29 is 9.90 Å².